The van der Waals surface area contributed by atoms with Crippen LogP contribution in [0.4, 0.5) is 4.39 Å². The summed E-state index contributed by atoms with van der Waals surface area (Å²) in [6.45, 7) is 0.00372. The Morgan fingerprint density at radius 2 is 1.36 bits per heavy atom. The van der Waals surface area contributed by atoms with E-state index < -0.39 is 25.7 Å². The molecule has 22 heavy (non-hydrogen) atoms. The van der Waals surface area contributed by atoms with Crippen LogP contribution in [0.3, 0.4) is 0 Å². The Bertz CT molecular complexity index is 858. The molecule has 0 bridgehead atoms. The van der Waals surface area contributed by atoms with Crippen molar-refractivity contribution in [3.63, 3.8) is 0 Å². The number of nitrogens with one attached hydrogen (secondary N) is 1. The van der Waals surface area contributed by atoms with Gasteiger partial charge in [0.15, 0.2) is 9.84 Å². The number of sulfonamides is 1. The summed E-state index contributed by atoms with van der Waals surface area (Å²) in [5.74, 6) is -0.518. The molecule has 0 aliphatic heterocycles. The first kappa shape index (κ1) is 16.6. The van der Waals surface area contributed by atoms with Gasteiger partial charge in [-0.3, -0.25) is 0 Å². The normalized spacial score (nSPS) is 12.3. The quantitative estimate of drug-likeness (QED) is 0.896. The van der Waals surface area contributed by atoms with E-state index >= 15 is 0 Å². The highest BCUT2D eigenvalue weighted by atomic mass is 32.2. The fourth-order valence-electron chi connectivity index (χ4n) is 1.73. The third-order valence-electron chi connectivity index (χ3n) is 2.94. The number of sulfone groups is 1. The van der Waals surface area contributed by atoms with Gasteiger partial charge in [-0.25, -0.2) is 25.9 Å². The molecular formula is C14H14FNO4S2. The summed E-state index contributed by atoms with van der Waals surface area (Å²) in [4.78, 5) is 0.124. The third kappa shape index (κ3) is 4.12. The van der Waals surface area contributed by atoms with Gasteiger partial charge in [0, 0.05) is 12.8 Å². The first-order valence-electron chi connectivity index (χ1n) is 6.23. The summed E-state index contributed by atoms with van der Waals surface area (Å²) >= 11 is 0. The molecule has 0 atom stereocenters. The van der Waals surface area contributed by atoms with E-state index in [1.54, 1.807) is 0 Å². The van der Waals surface area contributed by atoms with Crippen LogP contribution >= 0.6 is 0 Å². The van der Waals surface area contributed by atoms with Gasteiger partial charge in [0.1, 0.15) is 5.82 Å². The summed E-state index contributed by atoms with van der Waals surface area (Å²) in [5.41, 5.74) is 0.609. The van der Waals surface area contributed by atoms with Crippen molar-refractivity contribution in [2.24, 2.45) is 0 Å². The van der Waals surface area contributed by atoms with E-state index in [4.69, 9.17) is 0 Å². The van der Waals surface area contributed by atoms with Gasteiger partial charge in [-0.1, -0.05) is 12.1 Å². The van der Waals surface area contributed by atoms with Gasteiger partial charge in [0.05, 0.1) is 9.79 Å². The minimum absolute atomic E-state index is 0.00372. The smallest absolute Gasteiger partial charge is 0.224 e. The minimum atomic E-state index is -3.75. The molecule has 2 aromatic carbocycles. The fourth-order valence-corrected chi connectivity index (χ4v) is 3.38. The molecule has 2 rings (SSSR count). The van der Waals surface area contributed by atoms with E-state index in [0.29, 0.717) is 5.56 Å². The second kappa shape index (κ2) is 6.15. The predicted octanol–water partition coefficient (Wildman–Crippen LogP) is 1.71. The molecule has 0 heterocycles. The van der Waals surface area contributed by atoms with Gasteiger partial charge in [-0.05, 0) is 42.0 Å². The Kier molecular flexibility index (Phi) is 4.64. The molecule has 0 aliphatic rings. The molecule has 5 nitrogen and oxygen atoms in total. The Morgan fingerprint density at radius 3 is 1.86 bits per heavy atom. The highest BCUT2D eigenvalue weighted by Gasteiger charge is 2.14. The molecule has 0 aromatic heterocycles. The molecule has 1 N–H and O–H groups in total. The Labute approximate surface area is 128 Å². The van der Waals surface area contributed by atoms with E-state index in [-0.39, 0.29) is 16.3 Å². The zero-order valence-electron chi connectivity index (χ0n) is 11.7. The summed E-state index contributed by atoms with van der Waals surface area (Å²) in [6, 6.07) is 10.4. The average molecular weight is 343 g/mol. The van der Waals surface area contributed by atoms with E-state index in [2.05, 4.69) is 4.72 Å². The number of rotatable bonds is 5. The fraction of sp³-hybridized carbons (Fsp3) is 0.143. The van der Waals surface area contributed by atoms with Crippen LogP contribution in [0.5, 0.6) is 0 Å². The number of hydrogen-bond acceptors (Lipinski definition) is 4. The summed E-state index contributed by atoms with van der Waals surface area (Å²) in [6.07, 6.45) is 1.10. The van der Waals surface area contributed by atoms with E-state index in [1.807, 2.05) is 0 Å². The SMILES string of the molecule is CS(=O)(=O)c1ccc(CNS(=O)(=O)c2ccc(F)cc2)cc1. The first-order valence-corrected chi connectivity index (χ1v) is 9.60. The molecular weight excluding hydrogens is 329 g/mol. The summed E-state index contributed by atoms with van der Waals surface area (Å²) in [5, 5.41) is 0. The van der Waals surface area contributed by atoms with Gasteiger partial charge in [-0.2, -0.15) is 0 Å². The van der Waals surface area contributed by atoms with Crippen LogP contribution in [-0.2, 0) is 26.4 Å². The van der Waals surface area contributed by atoms with Crippen molar-refractivity contribution < 1.29 is 21.2 Å². The van der Waals surface area contributed by atoms with E-state index in [1.165, 1.54) is 36.4 Å². The minimum Gasteiger partial charge on any atom is -0.224 e. The predicted molar refractivity (Wildman–Crippen MR) is 80.0 cm³/mol. The maximum atomic E-state index is 12.8. The lowest BCUT2D eigenvalue weighted by Gasteiger charge is -2.07. The largest absolute Gasteiger partial charge is 0.240 e. The molecule has 2 aromatic rings. The molecule has 0 saturated heterocycles. The van der Waals surface area contributed by atoms with Crippen LogP contribution in [0.1, 0.15) is 5.56 Å². The second-order valence-corrected chi connectivity index (χ2v) is 8.48. The zero-order valence-corrected chi connectivity index (χ0v) is 13.3. The first-order chi connectivity index (χ1) is 10.2. The van der Waals surface area contributed by atoms with Crippen molar-refractivity contribution in [3.05, 3.63) is 59.9 Å². The summed E-state index contributed by atoms with van der Waals surface area (Å²) in [7, 11) is -7.03. The summed E-state index contributed by atoms with van der Waals surface area (Å²) < 4.78 is 61.9. The standard InChI is InChI=1S/C14H14FNO4S2/c1-21(17,18)13-6-2-11(3-7-13)10-16-22(19,20)14-8-4-12(15)5-9-14/h2-9,16H,10H2,1H3. The Balaban J connectivity index is 2.10. The van der Waals surface area contributed by atoms with Crippen LogP contribution in [0.15, 0.2) is 58.3 Å². The van der Waals surface area contributed by atoms with Crippen LogP contribution in [0.25, 0.3) is 0 Å². The van der Waals surface area contributed by atoms with Crippen molar-refractivity contribution in [3.8, 4) is 0 Å². The Hall–Kier alpha value is -1.77. The lowest BCUT2D eigenvalue weighted by atomic mass is 10.2. The van der Waals surface area contributed by atoms with Crippen LogP contribution in [0.2, 0.25) is 0 Å². The van der Waals surface area contributed by atoms with Crippen LogP contribution in [-0.4, -0.2) is 23.1 Å². The van der Waals surface area contributed by atoms with Crippen molar-refractivity contribution >= 4 is 19.9 Å². The van der Waals surface area contributed by atoms with Gasteiger partial charge in [-0.15, -0.1) is 0 Å². The van der Waals surface area contributed by atoms with Crippen molar-refractivity contribution in [1.82, 2.24) is 4.72 Å². The van der Waals surface area contributed by atoms with Crippen molar-refractivity contribution in [2.75, 3.05) is 6.26 Å². The van der Waals surface area contributed by atoms with Gasteiger partial charge >= 0.3 is 0 Å². The maximum Gasteiger partial charge on any atom is 0.240 e. The lowest BCUT2D eigenvalue weighted by Crippen LogP contribution is -2.23. The number of halogens is 1. The van der Waals surface area contributed by atoms with Gasteiger partial charge in [0.2, 0.25) is 10.0 Å². The van der Waals surface area contributed by atoms with Crippen molar-refractivity contribution in [1.29, 1.82) is 0 Å². The molecule has 0 amide bonds. The van der Waals surface area contributed by atoms with Crippen LogP contribution < -0.4 is 4.72 Å². The molecule has 0 radical (unpaired) electrons. The number of benzene rings is 2. The monoisotopic (exact) mass is 343 g/mol. The maximum absolute atomic E-state index is 12.8. The Morgan fingerprint density at radius 1 is 0.864 bits per heavy atom. The molecule has 0 aliphatic carbocycles. The highest BCUT2D eigenvalue weighted by Crippen LogP contribution is 2.13. The molecule has 0 saturated carbocycles. The topological polar surface area (TPSA) is 80.3 Å². The second-order valence-electron chi connectivity index (χ2n) is 4.69. The molecule has 8 heteroatoms. The molecule has 0 fully saturated rings. The number of hydrogen-bond donors (Lipinski definition) is 1. The highest BCUT2D eigenvalue weighted by molar-refractivity contribution is 7.90. The van der Waals surface area contributed by atoms with E-state index in [9.17, 15) is 21.2 Å². The molecule has 0 unspecified atom stereocenters. The lowest BCUT2D eigenvalue weighted by molar-refractivity contribution is 0.580. The van der Waals surface area contributed by atoms with E-state index in [0.717, 1.165) is 18.4 Å². The third-order valence-corrected chi connectivity index (χ3v) is 5.49. The molecule has 118 valence electrons. The van der Waals surface area contributed by atoms with Gasteiger partial charge < -0.3 is 0 Å². The van der Waals surface area contributed by atoms with Crippen molar-refractivity contribution in [2.45, 2.75) is 16.3 Å². The molecule has 0 spiro atoms. The zero-order chi connectivity index (χ0) is 16.4. The van der Waals surface area contributed by atoms with Crippen LogP contribution in [0, 0.1) is 5.82 Å². The van der Waals surface area contributed by atoms with Gasteiger partial charge in [0.25, 0.3) is 0 Å². The average Bonchev–Trinajstić information content (AvgIpc) is 2.45.